The summed E-state index contributed by atoms with van der Waals surface area (Å²) in [7, 11) is 1.33. The van der Waals surface area contributed by atoms with Crippen molar-refractivity contribution in [3.8, 4) is 11.5 Å². The SMILES string of the molecule is COc1cccc(C(=O)Nc2c(F)ccc(C)c2F)c1O. The lowest BCUT2D eigenvalue weighted by atomic mass is 10.1. The number of rotatable bonds is 3. The Morgan fingerprint density at radius 3 is 2.62 bits per heavy atom. The number of phenolic OH excluding ortho intramolecular Hbond substituents is 1. The van der Waals surface area contributed by atoms with Gasteiger partial charge in [-0.05, 0) is 30.7 Å². The van der Waals surface area contributed by atoms with Crippen LogP contribution in [0, 0.1) is 18.6 Å². The van der Waals surface area contributed by atoms with Crippen molar-refractivity contribution in [2.75, 3.05) is 12.4 Å². The number of amides is 1. The van der Waals surface area contributed by atoms with Gasteiger partial charge >= 0.3 is 0 Å². The van der Waals surface area contributed by atoms with E-state index in [4.69, 9.17) is 4.74 Å². The van der Waals surface area contributed by atoms with Gasteiger partial charge in [0.25, 0.3) is 5.91 Å². The van der Waals surface area contributed by atoms with Gasteiger partial charge in [0.05, 0.1) is 12.7 Å². The van der Waals surface area contributed by atoms with Crippen LogP contribution in [-0.2, 0) is 0 Å². The summed E-state index contributed by atoms with van der Waals surface area (Å²) in [6.45, 7) is 1.45. The molecule has 21 heavy (non-hydrogen) atoms. The molecule has 0 fully saturated rings. The van der Waals surface area contributed by atoms with Crippen LogP contribution in [0.4, 0.5) is 14.5 Å². The highest BCUT2D eigenvalue weighted by atomic mass is 19.1. The molecule has 0 unspecified atom stereocenters. The number of aryl methyl sites for hydroxylation is 1. The molecule has 2 N–H and O–H groups in total. The highest BCUT2D eigenvalue weighted by Crippen LogP contribution is 2.30. The largest absolute Gasteiger partial charge is 0.504 e. The number of benzene rings is 2. The third-order valence-electron chi connectivity index (χ3n) is 2.99. The van der Waals surface area contributed by atoms with E-state index in [-0.39, 0.29) is 16.9 Å². The molecule has 2 aromatic rings. The minimum absolute atomic E-state index is 0.0906. The van der Waals surface area contributed by atoms with Gasteiger partial charge in [-0.15, -0.1) is 0 Å². The molecule has 0 aromatic heterocycles. The molecule has 110 valence electrons. The quantitative estimate of drug-likeness (QED) is 0.913. The number of methoxy groups -OCH3 is 1. The molecule has 6 heteroatoms. The average Bonchev–Trinajstić information content (AvgIpc) is 2.47. The molecule has 0 aliphatic heterocycles. The Bertz CT molecular complexity index is 702. The van der Waals surface area contributed by atoms with Gasteiger partial charge in [0.2, 0.25) is 0 Å². The van der Waals surface area contributed by atoms with Crippen LogP contribution >= 0.6 is 0 Å². The van der Waals surface area contributed by atoms with Gasteiger partial charge in [-0.2, -0.15) is 0 Å². The first-order valence-corrected chi connectivity index (χ1v) is 6.07. The lowest BCUT2D eigenvalue weighted by Gasteiger charge is -2.11. The van der Waals surface area contributed by atoms with Crippen molar-refractivity contribution in [2.45, 2.75) is 6.92 Å². The molecule has 0 saturated carbocycles. The van der Waals surface area contributed by atoms with E-state index in [9.17, 15) is 18.7 Å². The Hall–Kier alpha value is -2.63. The van der Waals surface area contributed by atoms with Crippen molar-refractivity contribution in [3.05, 3.63) is 53.1 Å². The van der Waals surface area contributed by atoms with Crippen molar-refractivity contribution in [1.29, 1.82) is 0 Å². The van der Waals surface area contributed by atoms with Crippen LogP contribution < -0.4 is 10.1 Å². The van der Waals surface area contributed by atoms with Crippen LogP contribution in [0.5, 0.6) is 11.5 Å². The average molecular weight is 293 g/mol. The van der Waals surface area contributed by atoms with Crippen molar-refractivity contribution < 1.29 is 23.4 Å². The predicted molar refractivity (Wildman–Crippen MR) is 73.7 cm³/mol. The fourth-order valence-corrected chi connectivity index (χ4v) is 1.82. The third-order valence-corrected chi connectivity index (χ3v) is 2.99. The first-order chi connectivity index (χ1) is 9.95. The van der Waals surface area contributed by atoms with Gasteiger partial charge in [-0.3, -0.25) is 4.79 Å². The molecule has 0 spiro atoms. The maximum Gasteiger partial charge on any atom is 0.259 e. The predicted octanol–water partition coefficient (Wildman–Crippen LogP) is 3.24. The topological polar surface area (TPSA) is 58.6 Å². The lowest BCUT2D eigenvalue weighted by molar-refractivity contribution is 0.102. The van der Waals surface area contributed by atoms with Gasteiger partial charge < -0.3 is 15.2 Å². The summed E-state index contributed by atoms with van der Waals surface area (Å²) in [5.74, 6) is -2.90. The Kier molecular flexibility index (Phi) is 4.07. The number of carbonyl (C=O) groups is 1. The zero-order valence-corrected chi connectivity index (χ0v) is 11.4. The van der Waals surface area contributed by atoms with Gasteiger partial charge in [-0.1, -0.05) is 12.1 Å². The number of para-hydroxylation sites is 1. The molecular weight excluding hydrogens is 280 g/mol. The molecule has 0 radical (unpaired) electrons. The Morgan fingerprint density at radius 1 is 1.24 bits per heavy atom. The molecule has 4 nitrogen and oxygen atoms in total. The van der Waals surface area contributed by atoms with Gasteiger partial charge in [0.1, 0.15) is 11.5 Å². The smallest absolute Gasteiger partial charge is 0.259 e. The number of hydrogen-bond donors (Lipinski definition) is 2. The molecule has 0 heterocycles. The number of carbonyl (C=O) groups excluding carboxylic acids is 1. The second-order valence-corrected chi connectivity index (χ2v) is 4.36. The first kappa shape index (κ1) is 14.8. The molecule has 0 aliphatic carbocycles. The second kappa shape index (κ2) is 5.78. The molecule has 1 amide bonds. The van der Waals surface area contributed by atoms with E-state index in [1.54, 1.807) is 0 Å². The molecule has 0 saturated heterocycles. The van der Waals surface area contributed by atoms with Crippen molar-refractivity contribution in [3.63, 3.8) is 0 Å². The van der Waals surface area contributed by atoms with Crippen LogP contribution in [0.15, 0.2) is 30.3 Å². The molecule has 2 rings (SSSR count). The number of phenols is 1. The van der Waals surface area contributed by atoms with E-state index in [1.165, 1.54) is 38.3 Å². The minimum Gasteiger partial charge on any atom is -0.504 e. The maximum absolute atomic E-state index is 13.8. The van der Waals surface area contributed by atoms with E-state index in [2.05, 4.69) is 5.32 Å². The van der Waals surface area contributed by atoms with Crippen LogP contribution in [0.25, 0.3) is 0 Å². The van der Waals surface area contributed by atoms with Gasteiger partial charge in [0, 0.05) is 0 Å². The van der Waals surface area contributed by atoms with E-state index in [0.717, 1.165) is 6.07 Å². The number of hydrogen-bond acceptors (Lipinski definition) is 3. The Morgan fingerprint density at radius 2 is 1.95 bits per heavy atom. The number of nitrogens with one attached hydrogen (secondary N) is 1. The summed E-state index contributed by atoms with van der Waals surface area (Å²) in [4.78, 5) is 12.1. The lowest BCUT2D eigenvalue weighted by Crippen LogP contribution is -2.15. The molecule has 0 atom stereocenters. The first-order valence-electron chi connectivity index (χ1n) is 6.07. The van der Waals surface area contributed by atoms with E-state index < -0.39 is 29.0 Å². The Balaban J connectivity index is 2.38. The van der Waals surface area contributed by atoms with Crippen molar-refractivity contribution >= 4 is 11.6 Å². The summed E-state index contributed by atoms with van der Waals surface area (Å²) in [6, 6.07) is 6.58. The van der Waals surface area contributed by atoms with Crippen LogP contribution in [0.3, 0.4) is 0 Å². The zero-order valence-electron chi connectivity index (χ0n) is 11.4. The van der Waals surface area contributed by atoms with Crippen LogP contribution in [0.1, 0.15) is 15.9 Å². The highest BCUT2D eigenvalue weighted by Gasteiger charge is 2.19. The number of aromatic hydroxyl groups is 1. The molecule has 2 aromatic carbocycles. The van der Waals surface area contributed by atoms with Crippen LogP contribution in [-0.4, -0.2) is 18.1 Å². The normalized spacial score (nSPS) is 10.3. The summed E-state index contributed by atoms with van der Waals surface area (Å²) in [5, 5.41) is 12.0. The molecular formula is C15H13F2NO3. The summed E-state index contributed by atoms with van der Waals surface area (Å²) < 4.78 is 32.3. The standard InChI is InChI=1S/C15H13F2NO3/c1-8-6-7-10(16)13(12(8)17)18-15(20)9-4-3-5-11(21-2)14(9)19/h3-7,19H,1-2H3,(H,18,20). The van der Waals surface area contributed by atoms with Gasteiger partial charge in [0.15, 0.2) is 17.3 Å². The summed E-state index contributed by atoms with van der Waals surface area (Å²) >= 11 is 0. The third kappa shape index (κ3) is 2.79. The van der Waals surface area contributed by atoms with E-state index >= 15 is 0 Å². The monoisotopic (exact) mass is 293 g/mol. The molecule has 0 aliphatic rings. The van der Waals surface area contributed by atoms with Crippen molar-refractivity contribution in [1.82, 2.24) is 0 Å². The summed E-state index contributed by atoms with van der Waals surface area (Å²) in [6.07, 6.45) is 0. The molecule has 0 bridgehead atoms. The fraction of sp³-hybridized carbons (Fsp3) is 0.133. The number of anilines is 1. The summed E-state index contributed by atoms with van der Waals surface area (Å²) in [5.41, 5.74) is -0.501. The fourth-order valence-electron chi connectivity index (χ4n) is 1.82. The number of ether oxygens (including phenoxy) is 1. The van der Waals surface area contributed by atoms with Crippen LogP contribution in [0.2, 0.25) is 0 Å². The number of halogens is 2. The zero-order chi connectivity index (χ0) is 15.6. The Labute approximate surface area is 120 Å². The van der Waals surface area contributed by atoms with Crippen molar-refractivity contribution in [2.24, 2.45) is 0 Å². The van der Waals surface area contributed by atoms with Gasteiger partial charge in [-0.25, -0.2) is 8.78 Å². The van der Waals surface area contributed by atoms with E-state index in [0.29, 0.717) is 0 Å². The maximum atomic E-state index is 13.8. The second-order valence-electron chi connectivity index (χ2n) is 4.36. The minimum atomic E-state index is -0.895. The highest BCUT2D eigenvalue weighted by molar-refractivity contribution is 6.06. The van der Waals surface area contributed by atoms with E-state index in [1.807, 2.05) is 0 Å².